The van der Waals surface area contributed by atoms with Crippen LogP contribution in [0.5, 0.6) is 0 Å². The second kappa shape index (κ2) is 5.95. The average Bonchev–Trinajstić information content (AvgIpc) is 2.79. The van der Waals surface area contributed by atoms with Gasteiger partial charge in [-0.1, -0.05) is 13.3 Å². The number of pyridine rings is 1. The highest BCUT2D eigenvalue weighted by molar-refractivity contribution is 7.99. The average molecular weight is 275 g/mol. The molecule has 1 aliphatic heterocycles. The number of rotatable bonds is 4. The summed E-state index contributed by atoms with van der Waals surface area (Å²) in [6.07, 6.45) is 8.16. The Morgan fingerprint density at radius 2 is 2.37 bits per heavy atom. The molecule has 102 valence electrons. The number of imidazole rings is 1. The molecule has 19 heavy (non-hydrogen) atoms. The van der Waals surface area contributed by atoms with Gasteiger partial charge in [0, 0.05) is 24.4 Å². The molecule has 2 aromatic heterocycles. The summed E-state index contributed by atoms with van der Waals surface area (Å²) in [7, 11) is 0. The summed E-state index contributed by atoms with van der Waals surface area (Å²) in [4.78, 5) is 9.30. The fraction of sp³-hybridized carbons (Fsp3) is 0.600. The van der Waals surface area contributed by atoms with E-state index in [1.807, 2.05) is 12.3 Å². The van der Waals surface area contributed by atoms with Crippen LogP contribution in [0.15, 0.2) is 18.3 Å². The van der Waals surface area contributed by atoms with Crippen LogP contribution in [0, 0.1) is 0 Å². The molecule has 0 aromatic carbocycles. The molecule has 3 nitrogen and oxygen atoms in total. The zero-order chi connectivity index (χ0) is 13.1. The maximum absolute atomic E-state index is 4.76. The number of aromatic nitrogens is 3. The van der Waals surface area contributed by atoms with E-state index in [0.29, 0.717) is 0 Å². The van der Waals surface area contributed by atoms with Gasteiger partial charge < -0.3 is 4.57 Å². The number of fused-ring (bicyclic) bond motifs is 1. The third-order valence-corrected chi connectivity index (χ3v) is 5.10. The van der Waals surface area contributed by atoms with Gasteiger partial charge in [0.1, 0.15) is 11.3 Å². The first kappa shape index (κ1) is 13.0. The summed E-state index contributed by atoms with van der Waals surface area (Å²) in [6, 6.07) is 4.05. The van der Waals surface area contributed by atoms with E-state index in [9.17, 15) is 0 Å². The van der Waals surface area contributed by atoms with Crippen molar-refractivity contribution in [3.05, 3.63) is 24.2 Å². The van der Waals surface area contributed by atoms with E-state index in [-0.39, 0.29) is 0 Å². The molecule has 1 saturated heterocycles. The molecule has 3 rings (SSSR count). The summed E-state index contributed by atoms with van der Waals surface area (Å²) < 4.78 is 2.36. The lowest BCUT2D eigenvalue weighted by atomic mass is 10.2. The lowest BCUT2D eigenvalue weighted by Crippen LogP contribution is -2.18. The SMILES string of the molecule is CCCc1nc2cccnc2n1CC1CCCCS1. The largest absolute Gasteiger partial charge is 0.312 e. The normalized spacial score (nSPS) is 19.9. The summed E-state index contributed by atoms with van der Waals surface area (Å²) in [5, 5.41) is 0.740. The molecule has 0 N–H and O–H groups in total. The summed E-state index contributed by atoms with van der Waals surface area (Å²) in [5.41, 5.74) is 2.11. The van der Waals surface area contributed by atoms with Crippen LogP contribution in [0.25, 0.3) is 11.2 Å². The molecule has 0 aliphatic carbocycles. The van der Waals surface area contributed by atoms with Crippen LogP contribution in [0.4, 0.5) is 0 Å². The van der Waals surface area contributed by atoms with Gasteiger partial charge in [-0.05, 0) is 37.1 Å². The lowest BCUT2D eigenvalue weighted by Gasteiger charge is -2.22. The highest BCUT2D eigenvalue weighted by atomic mass is 32.2. The van der Waals surface area contributed by atoms with Crippen molar-refractivity contribution in [2.24, 2.45) is 0 Å². The highest BCUT2D eigenvalue weighted by Crippen LogP contribution is 2.28. The van der Waals surface area contributed by atoms with Crippen molar-refractivity contribution in [2.75, 3.05) is 5.75 Å². The molecule has 0 saturated carbocycles. The number of hydrogen-bond acceptors (Lipinski definition) is 3. The maximum atomic E-state index is 4.76. The zero-order valence-electron chi connectivity index (χ0n) is 11.5. The van der Waals surface area contributed by atoms with Gasteiger partial charge in [0.25, 0.3) is 0 Å². The van der Waals surface area contributed by atoms with Crippen LogP contribution < -0.4 is 0 Å². The second-order valence-electron chi connectivity index (χ2n) is 5.22. The van der Waals surface area contributed by atoms with Crippen LogP contribution in [0.1, 0.15) is 38.4 Å². The van der Waals surface area contributed by atoms with Crippen molar-refractivity contribution in [3.8, 4) is 0 Å². The van der Waals surface area contributed by atoms with E-state index in [2.05, 4.69) is 34.3 Å². The smallest absolute Gasteiger partial charge is 0.160 e. The Labute approximate surface area is 118 Å². The minimum atomic E-state index is 0.740. The van der Waals surface area contributed by atoms with Gasteiger partial charge in [0.2, 0.25) is 0 Å². The van der Waals surface area contributed by atoms with E-state index >= 15 is 0 Å². The molecule has 1 aliphatic rings. The minimum Gasteiger partial charge on any atom is -0.312 e. The van der Waals surface area contributed by atoms with Gasteiger partial charge in [0.15, 0.2) is 5.65 Å². The first-order chi connectivity index (χ1) is 9.38. The van der Waals surface area contributed by atoms with Crippen LogP contribution in [-0.4, -0.2) is 25.5 Å². The molecule has 4 heteroatoms. The fourth-order valence-corrected chi connectivity index (χ4v) is 4.06. The molecule has 1 fully saturated rings. The van der Waals surface area contributed by atoms with Gasteiger partial charge in [-0.15, -0.1) is 0 Å². The van der Waals surface area contributed by atoms with Gasteiger partial charge in [0.05, 0.1) is 0 Å². The van der Waals surface area contributed by atoms with Crippen molar-refractivity contribution < 1.29 is 0 Å². The molecule has 1 atom stereocenters. The number of nitrogens with zero attached hydrogens (tertiary/aromatic N) is 3. The van der Waals surface area contributed by atoms with Crippen molar-refractivity contribution >= 4 is 22.9 Å². The van der Waals surface area contributed by atoms with Crippen LogP contribution in [0.2, 0.25) is 0 Å². The van der Waals surface area contributed by atoms with Crippen molar-refractivity contribution in [2.45, 2.75) is 50.8 Å². The minimum absolute atomic E-state index is 0.740. The second-order valence-corrected chi connectivity index (χ2v) is 6.63. The molecular weight excluding hydrogens is 254 g/mol. The van der Waals surface area contributed by atoms with E-state index < -0.39 is 0 Å². The van der Waals surface area contributed by atoms with Gasteiger partial charge in [-0.2, -0.15) is 11.8 Å². The van der Waals surface area contributed by atoms with E-state index in [0.717, 1.165) is 35.8 Å². The number of aryl methyl sites for hydroxylation is 1. The quantitative estimate of drug-likeness (QED) is 0.853. The topological polar surface area (TPSA) is 30.7 Å². The molecule has 2 aromatic rings. The Morgan fingerprint density at radius 1 is 1.42 bits per heavy atom. The molecule has 1 unspecified atom stereocenters. The standard InChI is InChI=1S/C15H21N3S/c1-2-6-14-17-13-8-5-9-16-15(13)18(14)11-12-7-3-4-10-19-12/h5,8-9,12H,2-4,6-7,10-11H2,1H3. The molecule has 0 amide bonds. The highest BCUT2D eigenvalue weighted by Gasteiger charge is 2.18. The molecular formula is C15H21N3S. The summed E-state index contributed by atoms with van der Waals surface area (Å²) in [6.45, 7) is 3.29. The van der Waals surface area contributed by atoms with Crippen LogP contribution in [0.3, 0.4) is 0 Å². The van der Waals surface area contributed by atoms with Crippen LogP contribution >= 0.6 is 11.8 Å². The van der Waals surface area contributed by atoms with E-state index in [1.54, 1.807) is 0 Å². The lowest BCUT2D eigenvalue weighted by molar-refractivity contribution is 0.571. The van der Waals surface area contributed by atoms with E-state index in [1.165, 1.54) is 30.8 Å². The Kier molecular flexibility index (Phi) is 4.06. The summed E-state index contributed by atoms with van der Waals surface area (Å²) >= 11 is 2.12. The van der Waals surface area contributed by atoms with Crippen molar-refractivity contribution in [3.63, 3.8) is 0 Å². The molecule has 3 heterocycles. The predicted octanol–water partition coefficient (Wildman–Crippen LogP) is 3.67. The Hall–Kier alpha value is -1.03. The van der Waals surface area contributed by atoms with Crippen LogP contribution in [-0.2, 0) is 13.0 Å². The first-order valence-corrected chi connectivity index (χ1v) is 8.35. The van der Waals surface area contributed by atoms with Gasteiger partial charge >= 0.3 is 0 Å². The molecule has 0 spiro atoms. The monoisotopic (exact) mass is 275 g/mol. The van der Waals surface area contributed by atoms with E-state index in [4.69, 9.17) is 4.98 Å². The third kappa shape index (κ3) is 2.78. The number of thioether (sulfide) groups is 1. The molecule has 0 bridgehead atoms. The predicted molar refractivity (Wildman–Crippen MR) is 81.6 cm³/mol. The zero-order valence-corrected chi connectivity index (χ0v) is 12.3. The van der Waals surface area contributed by atoms with Crippen molar-refractivity contribution in [1.29, 1.82) is 0 Å². The Balaban J connectivity index is 1.92. The molecule has 0 radical (unpaired) electrons. The number of hydrogen-bond donors (Lipinski definition) is 0. The third-order valence-electron chi connectivity index (χ3n) is 3.72. The summed E-state index contributed by atoms with van der Waals surface area (Å²) in [5.74, 6) is 2.52. The van der Waals surface area contributed by atoms with Crippen molar-refractivity contribution in [1.82, 2.24) is 14.5 Å². The first-order valence-electron chi connectivity index (χ1n) is 7.30. The van der Waals surface area contributed by atoms with Gasteiger partial charge in [-0.3, -0.25) is 0 Å². The van der Waals surface area contributed by atoms with Gasteiger partial charge in [-0.25, -0.2) is 9.97 Å². The Morgan fingerprint density at radius 3 is 3.16 bits per heavy atom. The Bertz CT molecular complexity index is 543. The fourth-order valence-electron chi connectivity index (χ4n) is 2.77. The maximum Gasteiger partial charge on any atom is 0.160 e.